The van der Waals surface area contributed by atoms with Gasteiger partial charge in [-0.25, -0.2) is 4.39 Å². The number of nitrogens with one attached hydrogen (secondary N) is 1. The van der Waals surface area contributed by atoms with Gasteiger partial charge in [0.05, 0.1) is 18.7 Å². The van der Waals surface area contributed by atoms with Crippen molar-refractivity contribution in [1.82, 2.24) is 5.32 Å². The van der Waals surface area contributed by atoms with Gasteiger partial charge in [-0.15, -0.1) is 0 Å². The van der Waals surface area contributed by atoms with Crippen molar-refractivity contribution in [3.8, 4) is 17.6 Å². The van der Waals surface area contributed by atoms with Crippen molar-refractivity contribution < 1.29 is 18.7 Å². The van der Waals surface area contributed by atoms with Gasteiger partial charge in [0.2, 0.25) is 0 Å². The van der Waals surface area contributed by atoms with Gasteiger partial charge in [0.25, 0.3) is 5.91 Å². The van der Waals surface area contributed by atoms with Crippen molar-refractivity contribution in [2.75, 3.05) is 13.7 Å². The van der Waals surface area contributed by atoms with E-state index in [0.717, 1.165) is 0 Å². The molecular formula is C17H15FN2O3. The lowest BCUT2D eigenvalue weighted by atomic mass is 10.2. The average molecular weight is 314 g/mol. The molecule has 23 heavy (non-hydrogen) atoms. The molecule has 0 aliphatic rings. The van der Waals surface area contributed by atoms with Crippen LogP contribution in [0.15, 0.2) is 42.5 Å². The highest BCUT2D eigenvalue weighted by Crippen LogP contribution is 2.27. The summed E-state index contributed by atoms with van der Waals surface area (Å²) in [4.78, 5) is 11.8. The summed E-state index contributed by atoms with van der Waals surface area (Å²) >= 11 is 0. The van der Waals surface area contributed by atoms with Gasteiger partial charge in [-0.2, -0.15) is 5.26 Å². The number of nitriles is 1. The summed E-state index contributed by atoms with van der Waals surface area (Å²) in [6.45, 7) is -0.157. The largest absolute Gasteiger partial charge is 0.493 e. The van der Waals surface area contributed by atoms with Gasteiger partial charge in [-0.05, 0) is 18.2 Å². The van der Waals surface area contributed by atoms with Crippen LogP contribution >= 0.6 is 0 Å². The van der Waals surface area contributed by atoms with Gasteiger partial charge in [0.15, 0.2) is 18.1 Å². The van der Waals surface area contributed by atoms with E-state index >= 15 is 0 Å². The summed E-state index contributed by atoms with van der Waals surface area (Å²) in [5.41, 5.74) is 0.829. The first kappa shape index (κ1) is 16.3. The van der Waals surface area contributed by atoms with E-state index in [0.29, 0.717) is 22.6 Å². The zero-order chi connectivity index (χ0) is 16.7. The number of rotatable bonds is 6. The van der Waals surface area contributed by atoms with Crippen molar-refractivity contribution in [3.63, 3.8) is 0 Å². The highest BCUT2D eigenvalue weighted by molar-refractivity contribution is 5.77. The number of carbonyl (C=O) groups excluding carboxylic acids is 1. The lowest BCUT2D eigenvalue weighted by Gasteiger charge is -2.11. The first-order valence-corrected chi connectivity index (χ1v) is 6.85. The van der Waals surface area contributed by atoms with Crippen LogP contribution in [0.25, 0.3) is 0 Å². The maximum atomic E-state index is 13.4. The van der Waals surface area contributed by atoms with E-state index in [4.69, 9.17) is 14.7 Å². The van der Waals surface area contributed by atoms with Crippen LogP contribution in [0.2, 0.25) is 0 Å². The first-order valence-electron chi connectivity index (χ1n) is 6.85. The van der Waals surface area contributed by atoms with E-state index in [1.165, 1.54) is 19.2 Å². The Balaban J connectivity index is 1.90. The second-order valence-electron chi connectivity index (χ2n) is 4.63. The Hall–Kier alpha value is -3.07. The lowest BCUT2D eigenvalue weighted by Crippen LogP contribution is -2.28. The molecule has 5 nitrogen and oxygen atoms in total. The number of halogens is 1. The fourth-order valence-corrected chi connectivity index (χ4v) is 1.89. The molecule has 0 atom stereocenters. The summed E-state index contributed by atoms with van der Waals surface area (Å²) in [6, 6.07) is 12.8. The van der Waals surface area contributed by atoms with Gasteiger partial charge >= 0.3 is 0 Å². The minimum atomic E-state index is -0.389. The second-order valence-corrected chi connectivity index (χ2v) is 4.63. The molecule has 2 rings (SSSR count). The molecule has 0 radical (unpaired) electrons. The molecule has 0 spiro atoms. The Bertz CT molecular complexity index is 741. The van der Waals surface area contributed by atoms with Crippen molar-refractivity contribution in [2.45, 2.75) is 6.54 Å². The van der Waals surface area contributed by atoms with Gasteiger partial charge in [0, 0.05) is 18.2 Å². The topological polar surface area (TPSA) is 71.3 Å². The lowest BCUT2D eigenvalue weighted by molar-refractivity contribution is -0.123. The Kier molecular flexibility index (Phi) is 5.53. The highest BCUT2D eigenvalue weighted by atomic mass is 19.1. The smallest absolute Gasteiger partial charge is 0.258 e. The minimum Gasteiger partial charge on any atom is -0.493 e. The molecular weight excluding hydrogens is 299 g/mol. The summed E-state index contributed by atoms with van der Waals surface area (Å²) in [5.74, 6) is -0.0411. The van der Waals surface area contributed by atoms with E-state index in [1.807, 2.05) is 6.07 Å². The molecule has 0 aromatic heterocycles. The number of nitrogens with zero attached hydrogens (tertiary/aromatic N) is 1. The molecule has 1 amide bonds. The summed E-state index contributed by atoms with van der Waals surface area (Å²) in [6.07, 6.45) is 0. The molecule has 2 aromatic rings. The van der Waals surface area contributed by atoms with Crippen molar-refractivity contribution in [2.24, 2.45) is 0 Å². The Morgan fingerprint density at radius 3 is 2.74 bits per heavy atom. The summed E-state index contributed by atoms with van der Waals surface area (Å²) < 4.78 is 23.9. The molecule has 0 saturated carbocycles. The molecule has 1 N–H and O–H groups in total. The molecule has 0 heterocycles. The summed E-state index contributed by atoms with van der Waals surface area (Å²) in [7, 11) is 1.45. The van der Waals surface area contributed by atoms with E-state index in [2.05, 4.69) is 5.32 Å². The molecule has 0 bridgehead atoms. The number of ether oxygens (including phenoxy) is 2. The Labute approximate surface area is 133 Å². The monoisotopic (exact) mass is 314 g/mol. The standard InChI is InChI=1S/C17H15FN2O3/c1-22-16-8-12(9-19)6-7-15(16)23-11-17(21)20-10-13-4-2-3-5-14(13)18/h2-8H,10-11H2,1H3,(H,20,21). The first-order chi connectivity index (χ1) is 11.1. The number of hydrogen-bond acceptors (Lipinski definition) is 4. The predicted molar refractivity (Wildman–Crippen MR) is 81.5 cm³/mol. The van der Waals surface area contributed by atoms with E-state index in [9.17, 15) is 9.18 Å². The minimum absolute atomic E-state index is 0.0827. The van der Waals surface area contributed by atoms with Crippen LogP contribution < -0.4 is 14.8 Å². The third-order valence-corrected chi connectivity index (χ3v) is 3.09. The van der Waals surface area contributed by atoms with Crippen LogP contribution in [0.1, 0.15) is 11.1 Å². The SMILES string of the molecule is COc1cc(C#N)ccc1OCC(=O)NCc1ccccc1F. The molecule has 0 fully saturated rings. The van der Waals surface area contributed by atoms with Gasteiger partial charge in [0.1, 0.15) is 5.82 Å². The Morgan fingerprint density at radius 2 is 2.04 bits per heavy atom. The third-order valence-electron chi connectivity index (χ3n) is 3.09. The van der Waals surface area contributed by atoms with E-state index in [-0.39, 0.29) is 24.9 Å². The van der Waals surface area contributed by atoms with Crippen LogP contribution in [0.4, 0.5) is 4.39 Å². The van der Waals surface area contributed by atoms with E-state index in [1.54, 1.807) is 30.3 Å². The van der Waals surface area contributed by atoms with Gasteiger partial charge in [-0.3, -0.25) is 4.79 Å². The number of hydrogen-bond donors (Lipinski definition) is 1. The predicted octanol–water partition coefficient (Wildman–Crippen LogP) is 2.40. The quantitative estimate of drug-likeness (QED) is 0.889. The van der Waals surface area contributed by atoms with Crippen LogP contribution in [-0.4, -0.2) is 19.6 Å². The Morgan fingerprint density at radius 1 is 1.26 bits per heavy atom. The molecule has 0 unspecified atom stereocenters. The summed E-state index contributed by atoms with van der Waals surface area (Å²) in [5, 5.41) is 11.4. The average Bonchev–Trinajstić information content (AvgIpc) is 2.59. The van der Waals surface area contributed by atoms with Crippen molar-refractivity contribution >= 4 is 5.91 Å². The third kappa shape index (κ3) is 4.45. The van der Waals surface area contributed by atoms with Crippen molar-refractivity contribution in [1.29, 1.82) is 5.26 Å². The van der Waals surface area contributed by atoms with Crippen LogP contribution in [0, 0.1) is 17.1 Å². The zero-order valence-electron chi connectivity index (χ0n) is 12.5. The number of benzene rings is 2. The maximum absolute atomic E-state index is 13.4. The molecule has 118 valence electrons. The molecule has 6 heteroatoms. The maximum Gasteiger partial charge on any atom is 0.258 e. The fraction of sp³-hybridized carbons (Fsp3) is 0.176. The van der Waals surface area contributed by atoms with Crippen molar-refractivity contribution in [3.05, 3.63) is 59.4 Å². The normalized spacial score (nSPS) is 9.78. The second kappa shape index (κ2) is 7.80. The van der Waals surface area contributed by atoms with Gasteiger partial charge < -0.3 is 14.8 Å². The molecule has 0 saturated heterocycles. The zero-order valence-corrected chi connectivity index (χ0v) is 12.5. The number of methoxy groups -OCH3 is 1. The van der Waals surface area contributed by atoms with Crippen LogP contribution in [0.5, 0.6) is 11.5 Å². The van der Waals surface area contributed by atoms with Crippen LogP contribution in [-0.2, 0) is 11.3 Å². The molecule has 2 aromatic carbocycles. The number of carbonyl (C=O) groups is 1. The van der Waals surface area contributed by atoms with Gasteiger partial charge in [-0.1, -0.05) is 18.2 Å². The van der Waals surface area contributed by atoms with Crippen LogP contribution in [0.3, 0.4) is 0 Å². The molecule has 0 aliphatic carbocycles. The fourth-order valence-electron chi connectivity index (χ4n) is 1.89. The molecule has 0 aliphatic heterocycles. The highest BCUT2D eigenvalue weighted by Gasteiger charge is 2.09. The van der Waals surface area contributed by atoms with E-state index < -0.39 is 0 Å². The number of amides is 1.